The van der Waals surface area contributed by atoms with Gasteiger partial charge in [0.25, 0.3) is 0 Å². The molecule has 0 aromatic carbocycles. The second-order valence-corrected chi connectivity index (χ2v) is 4.14. The molecule has 0 aliphatic carbocycles. The summed E-state index contributed by atoms with van der Waals surface area (Å²) in [6.45, 7) is 4.96. The molecule has 1 aliphatic heterocycles. The first-order valence-corrected chi connectivity index (χ1v) is 4.93. The number of carboxylic acids is 1. The van der Waals surface area contributed by atoms with E-state index in [0.29, 0.717) is 18.3 Å². The first-order chi connectivity index (χ1) is 6.09. The Kier molecular flexibility index (Phi) is 3.72. The van der Waals surface area contributed by atoms with Crippen LogP contribution in [0.3, 0.4) is 0 Å². The predicted molar refractivity (Wildman–Crippen MR) is 49.6 cm³/mol. The number of hydrogen-bond acceptors (Lipinski definition) is 2. The Bertz CT molecular complexity index is 177. The van der Waals surface area contributed by atoms with Crippen LogP contribution in [-0.2, 0) is 9.53 Å². The first-order valence-electron chi connectivity index (χ1n) is 4.93. The fourth-order valence-corrected chi connectivity index (χ4v) is 1.80. The Balaban J connectivity index is 2.37. The summed E-state index contributed by atoms with van der Waals surface area (Å²) in [7, 11) is 0. The van der Waals surface area contributed by atoms with Crippen molar-refractivity contribution in [2.75, 3.05) is 6.61 Å². The lowest BCUT2D eigenvalue weighted by molar-refractivity contribution is -0.139. The van der Waals surface area contributed by atoms with Gasteiger partial charge in [-0.15, -0.1) is 0 Å². The molecule has 0 aromatic heterocycles. The number of aliphatic carboxylic acids is 1. The van der Waals surface area contributed by atoms with E-state index in [1.807, 2.05) is 0 Å². The van der Waals surface area contributed by atoms with Crippen LogP contribution in [0, 0.1) is 11.8 Å². The average molecular weight is 186 g/mol. The fourth-order valence-electron chi connectivity index (χ4n) is 1.80. The van der Waals surface area contributed by atoms with Gasteiger partial charge < -0.3 is 9.84 Å². The van der Waals surface area contributed by atoms with Gasteiger partial charge in [-0.1, -0.05) is 13.8 Å². The van der Waals surface area contributed by atoms with E-state index in [9.17, 15) is 4.79 Å². The van der Waals surface area contributed by atoms with Crippen molar-refractivity contribution in [3.05, 3.63) is 0 Å². The van der Waals surface area contributed by atoms with Gasteiger partial charge in [0.05, 0.1) is 6.10 Å². The second-order valence-electron chi connectivity index (χ2n) is 4.14. The third-order valence-electron chi connectivity index (χ3n) is 2.63. The summed E-state index contributed by atoms with van der Waals surface area (Å²) in [5.41, 5.74) is 0. The lowest BCUT2D eigenvalue weighted by atomic mass is 9.88. The number of hydrogen-bond donors (Lipinski definition) is 1. The number of carbonyl (C=O) groups is 1. The summed E-state index contributed by atoms with van der Waals surface area (Å²) >= 11 is 0. The van der Waals surface area contributed by atoms with Crippen molar-refractivity contribution in [3.8, 4) is 0 Å². The van der Waals surface area contributed by atoms with Crippen molar-refractivity contribution >= 4 is 5.97 Å². The second kappa shape index (κ2) is 4.61. The predicted octanol–water partition coefficient (Wildman–Crippen LogP) is 1.91. The molecule has 0 bridgehead atoms. The van der Waals surface area contributed by atoms with Crippen molar-refractivity contribution in [1.82, 2.24) is 0 Å². The minimum absolute atomic E-state index is 0.262. The van der Waals surface area contributed by atoms with E-state index >= 15 is 0 Å². The first kappa shape index (κ1) is 10.5. The topological polar surface area (TPSA) is 46.5 Å². The molecule has 1 aliphatic rings. The molecule has 1 N–H and O–H groups in total. The van der Waals surface area contributed by atoms with E-state index in [-0.39, 0.29) is 6.10 Å². The summed E-state index contributed by atoms with van der Waals surface area (Å²) in [5.74, 6) is 0.129. The van der Waals surface area contributed by atoms with Crippen molar-refractivity contribution < 1.29 is 14.6 Å². The number of carboxylic acid groups (broad SMARTS) is 1. The van der Waals surface area contributed by atoms with Crippen molar-refractivity contribution in [2.24, 2.45) is 11.8 Å². The minimum atomic E-state index is -0.686. The molecule has 1 rings (SSSR count). The largest absolute Gasteiger partial charge is 0.481 e. The van der Waals surface area contributed by atoms with Gasteiger partial charge in [-0.2, -0.15) is 0 Å². The molecule has 1 saturated heterocycles. The lowest BCUT2D eigenvalue weighted by Gasteiger charge is -2.31. The average Bonchev–Trinajstić information content (AvgIpc) is 2.03. The highest BCUT2D eigenvalue weighted by Crippen LogP contribution is 2.26. The number of rotatable bonds is 3. The Morgan fingerprint density at radius 3 is 2.85 bits per heavy atom. The van der Waals surface area contributed by atoms with Crippen LogP contribution in [0.2, 0.25) is 0 Å². The maximum absolute atomic E-state index is 10.5. The molecule has 76 valence electrons. The molecule has 0 unspecified atom stereocenters. The Morgan fingerprint density at radius 2 is 2.31 bits per heavy atom. The quantitative estimate of drug-likeness (QED) is 0.732. The van der Waals surface area contributed by atoms with Crippen molar-refractivity contribution in [1.29, 1.82) is 0 Å². The van der Waals surface area contributed by atoms with Crippen LogP contribution in [0.5, 0.6) is 0 Å². The fraction of sp³-hybridized carbons (Fsp3) is 0.900. The molecule has 3 nitrogen and oxygen atoms in total. The molecule has 0 aromatic rings. The number of ether oxygens (including phenoxy) is 1. The van der Waals surface area contributed by atoms with E-state index in [1.165, 1.54) is 0 Å². The van der Waals surface area contributed by atoms with Crippen molar-refractivity contribution in [3.63, 3.8) is 0 Å². The molecule has 0 spiro atoms. The van der Waals surface area contributed by atoms with Crippen LogP contribution >= 0.6 is 0 Å². The van der Waals surface area contributed by atoms with Gasteiger partial charge in [0, 0.05) is 13.0 Å². The summed E-state index contributed by atoms with van der Waals surface area (Å²) in [6, 6.07) is 0. The lowest BCUT2D eigenvalue weighted by Crippen LogP contribution is -2.30. The van der Waals surface area contributed by atoms with Gasteiger partial charge in [-0.3, -0.25) is 4.79 Å². The van der Waals surface area contributed by atoms with Crippen molar-refractivity contribution in [2.45, 2.75) is 39.2 Å². The highest BCUT2D eigenvalue weighted by atomic mass is 16.5. The molecular weight excluding hydrogens is 168 g/mol. The molecule has 1 fully saturated rings. The molecule has 0 radical (unpaired) electrons. The van der Waals surface area contributed by atoms with Gasteiger partial charge in [-0.25, -0.2) is 0 Å². The van der Waals surface area contributed by atoms with Crippen LogP contribution in [0.15, 0.2) is 0 Å². The zero-order valence-electron chi connectivity index (χ0n) is 8.32. The molecule has 0 amide bonds. The molecule has 0 saturated carbocycles. The molecule has 1 heterocycles. The monoisotopic (exact) mass is 186 g/mol. The normalized spacial score (nSPS) is 29.2. The van der Waals surface area contributed by atoms with E-state index < -0.39 is 5.97 Å². The van der Waals surface area contributed by atoms with Crippen LogP contribution in [0.1, 0.15) is 33.1 Å². The third kappa shape index (κ3) is 3.35. The zero-order chi connectivity index (χ0) is 9.84. The Hall–Kier alpha value is -0.570. The Morgan fingerprint density at radius 1 is 1.62 bits per heavy atom. The highest BCUT2D eigenvalue weighted by Gasteiger charge is 2.26. The maximum atomic E-state index is 10.5. The smallest absolute Gasteiger partial charge is 0.303 e. The summed E-state index contributed by atoms with van der Waals surface area (Å²) in [6.07, 6.45) is 2.37. The minimum Gasteiger partial charge on any atom is -0.481 e. The highest BCUT2D eigenvalue weighted by molar-refractivity contribution is 5.67. The van der Waals surface area contributed by atoms with Crippen LogP contribution < -0.4 is 0 Å². The van der Waals surface area contributed by atoms with Gasteiger partial charge in [0.1, 0.15) is 0 Å². The molecule has 3 heteroatoms. The maximum Gasteiger partial charge on any atom is 0.303 e. The van der Waals surface area contributed by atoms with Gasteiger partial charge in [0.15, 0.2) is 0 Å². The zero-order valence-corrected chi connectivity index (χ0v) is 8.32. The molecule has 2 atom stereocenters. The third-order valence-corrected chi connectivity index (χ3v) is 2.63. The standard InChI is InChI=1S/C10H18O3/c1-7(2)9-5-8(3-4-13-9)6-10(11)12/h7-9H,3-6H2,1-2H3,(H,11,12)/t8-,9+/m1/s1. The summed E-state index contributed by atoms with van der Waals surface area (Å²) in [5, 5.41) is 8.65. The van der Waals surface area contributed by atoms with Gasteiger partial charge >= 0.3 is 5.97 Å². The summed E-state index contributed by atoms with van der Waals surface area (Å²) < 4.78 is 5.56. The van der Waals surface area contributed by atoms with Crippen LogP contribution in [0.4, 0.5) is 0 Å². The van der Waals surface area contributed by atoms with E-state index in [4.69, 9.17) is 9.84 Å². The van der Waals surface area contributed by atoms with Gasteiger partial charge in [0.2, 0.25) is 0 Å². The van der Waals surface area contributed by atoms with Crippen LogP contribution in [-0.4, -0.2) is 23.8 Å². The molecular formula is C10H18O3. The van der Waals surface area contributed by atoms with Gasteiger partial charge in [-0.05, 0) is 24.7 Å². The van der Waals surface area contributed by atoms with Crippen LogP contribution in [0.25, 0.3) is 0 Å². The van der Waals surface area contributed by atoms with E-state index in [2.05, 4.69) is 13.8 Å². The SMILES string of the molecule is CC(C)[C@@H]1C[C@H](CC(=O)O)CCO1. The Labute approximate surface area is 79.1 Å². The summed E-state index contributed by atoms with van der Waals surface area (Å²) in [4.78, 5) is 10.5. The van der Waals surface area contributed by atoms with E-state index in [1.54, 1.807) is 0 Å². The molecule has 13 heavy (non-hydrogen) atoms. The van der Waals surface area contributed by atoms with E-state index in [0.717, 1.165) is 19.4 Å².